The number of nitro groups is 1. The molecule has 0 aliphatic rings. The summed E-state index contributed by atoms with van der Waals surface area (Å²) in [5, 5.41) is 13.1. The van der Waals surface area contributed by atoms with Crippen LogP contribution in [0.15, 0.2) is 48.5 Å². The quantitative estimate of drug-likeness (QED) is 0.321. The Kier molecular flexibility index (Phi) is 7.09. The Hall–Kier alpha value is -3.88. The van der Waals surface area contributed by atoms with Crippen molar-refractivity contribution in [2.45, 2.75) is 0 Å². The maximum Gasteiger partial charge on any atom is 0.331 e. The lowest BCUT2D eigenvalue weighted by Crippen LogP contribution is -2.20. The van der Waals surface area contributed by atoms with Crippen LogP contribution in [-0.4, -0.2) is 37.6 Å². The van der Waals surface area contributed by atoms with E-state index in [4.69, 9.17) is 14.2 Å². The molecular weight excluding hydrogens is 368 g/mol. The monoisotopic (exact) mass is 386 g/mol. The zero-order valence-electron chi connectivity index (χ0n) is 15.2. The van der Waals surface area contributed by atoms with E-state index in [2.05, 4.69) is 5.32 Å². The van der Waals surface area contributed by atoms with E-state index in [1.54, 1.807) is 18.2 Å². The Labute approximate surface area is 160 Å². The van der Waals surface area contributed by atoms with Gasteiger partial charge in [-0.1, -0.05) is 6.07 Å². The number of esters is 1. The van der Waals surface area contributed by atoms with Gasteiger partial charge in [-0.3, -0.25) is 14.9 Å². The lowest BCUT2D eigenvalue weighted by molar-refractivity contribution is -0.384. The van der Waals surface area contributed by atoms with Gasteiger partial charge in [0.25, 0.3) is 11.6 Å². The summed E-state index contributed by atoms with van der Waals surface area (Å²) in [4.78, 5) is 33.8. The zero-order chi connectivity index (χ0) is 20.5. The van der Waals surface area contributed by atoms with Gasteiger partial charge in [0.2, 0.25) is 0 Å². The fourth-order valence-electron chi connectivity index (χ4n) is 2.21. The van der Waals surface area contributed by atoms with E-state index in [-0.39, 0.29) is 11.4 Å². The number of amides is 1. The number of nitrogens with one attached hydrogen (secondary N) is 1. The molecular formula is C19H18N2O7. The van der Waals surface area contributed by atoms with E-state index >= 15 is 0 Å². The number of ether oxygens (including phenoxy) is 3. The van der Waals surface area contributed by atoms with Crippen LogP contribution in [-0.2, 0) is 14.3 Å². The number of anilines is 1. The summed E-state index contributed by atoms with van der Waals surface area (Å²) < 4.78 is 15.2. The normalized spacial score (nSPS) is 10.4. The Balaban J connectivity index is 1.91. The van der Waals surface area contributed by atoms with Gasteiger partial charge in [-0.2, -0.15) is 0 Å². The van der Waals surface area contributed by atoms with E-state index in [1.165, 1.54) is 44.6 Å². The van der Waals surface area contributed by atoms with Gasteiger partial charge in [-0.25, -0.2) is 4.79 Å². The summed E-state index contributed by atoms with van der Waals surface area (Å²) in [6.07, 6.45) is 2.63. The van der Waals surface area contributed by atoms with E-state index in [0.29, 0.717) is 17.1 Å². The number of hydrogen-bond acceptors (Lipinski definition) is 7. The summed E-state index contributed by atoms with van der Waals surface area (Å²) in [6.45, 7) is -0.541. The molecule has 1 amide bonds. The average molecular weight is 386 g/mol. The molecule has 0 fully saturated rings. The highest BCUT2D eigenvalue weighted by Gasteiger charge is 2.10. The van der Waals surface area contributed by atoms with Crippen molar-refractivity contribution in [2.24, 2.45) is 0 Å². The van der Waals surface area contributed by atoms with Crippen LogP contribution in [0.5, 0.6) is 11.5 Å². The third-order valence-electron chi connectivity index (χ3n) is 3.52. The highest BCUT2D eigenvalue weighted by molar-refractivity contribution is 5.95. The third-order valence-corrected chi connectivity index (χ3v) is 3.52. The summed E-state index contributed by atoms with van der Waals surface area (Å²) in [7, 11) is 3.01. The highest BCUT2D eigenvalue weighted by atomic mass is 16.6. The molecule has 28 heavy (non-hydrogen) atoms. The number of carbonyl (C=O) groups is 2. The molecule has 2 aromatic rings. The Bertz CT molecular complexity index is 909. The van der Waals surface area contributed by atoms with Crippen LogP contribution in [0.4, 0.5) is 11.4 Å². The predicted octanol–water partition coefficient (Wildman–Crippen LogP) is 2.81. The van der Waals surface area contributed by atoms with Crippen molar-refractivity contribution in [1.29, 1.82) is 0 Å². The van der Waals surface area contributed by atoms with E-state index in [0.717, 1.165) is 6.08 Å². The first-order valence-corrected chi connectivity index (χ1v) is 8.04. The number of carbonyl (C=O) groups excluding carboxylic acids is 2. The van der Waals surface area contributed by atoms with Crippen LogP contribution >= 0.6 is 0 Å². The molecule has 0 saturated carbocycles. The van der Waals surface area contributed by atoms with Gasteiger partial charge in [0.15, 0.2) is 6.61 Å². The molecule has 2 aromatic carbocycles. The molecule has 0 atom stereocenters. The van der Waals surface area contributed by atoms with Gasteiger partial charge in [-0.15, -0.1) is 0 Å². The predicted molar refractivity (Wildman–Crippen MR) is 101 cm³/mol. The Morgan fingerprint density at radius 3 is 2.61 bits per heavy atom. The van der Waals surface area contributed by atoms with Crippen LogP contribution in [0.2, 0.25) is 0 Å². The Morgan fingerprint density at radius 1 is 1.14 bits per heavy atom. The molecule has 0 aromatic heterocycles. The first-order chi connectivity index (χ1) is 13.4. The second kappa shape index (κ2) is 9.72. The van der Waals surface area contributed by atoms with Gasteiger partial charge in [-0.05, 0) is 30.3 Å². The smallest absolute Gasteiger partial charge is 0.331 e. The number of benzene rings is 2. The van der Waals surface area contributed by atoms with E-state index in [1.807, 2.05) is 0 Å². The first-order valence-electron chi connectivity index (χ1n) is 8.04. The average Bonchev–Trinajstić information content (AvgIpc) is 2.70. The van der Waals surface area contributed by atoms with Gasteiger partial charge >= 0.3 is 5.97 Å². The second-order valence-corrected chi connectivity index (χ2v) is 5.40. The van der Waals surface area contributed by atoms with Crippen molar-refractivity contribution in [1.82, 2.24) is 0 Å². The number of non-ortho nitro benzene ring substituents is 1. The fourth-order valence-corrected chi connectivity index (χ4v) is 2.21. The van der Waals surface area contributed by atoms with Gasteiger partial charge < -0.3 is 19.5 Å². The van der Waals surface area contributed by atoms with Crippen molar-refractivity contribution in [3.05, 3.63) is 64.2 Å². The molecule has 0 saturated heterocycles. The Morgan fingerprint density at radius 2 is 1.93 bits per heavy atom. The molecule has 0 aliphatic heterocycles. The largest absolute Gasteiger partial charge is 0.497 e. The van der Waals surface area contributed by atoms with Gasteiger partial charge in [0, 0.05) is 29.5 Å². The standard InChI is InChI=1S/C19H18N2O7/c1-26-16-7-8-17(27-2)13(10-16)6-9-19(23)28-12-18(22)20-14-4-3-5-15(11-14)21(24)25/h3-11H,12H2,1-2H3,(H,20,22)/b9-6+. The van der Waals surface area contributed by atoms with Gasteiger partial charge in [0.05, 0.1) is 19.1 Å². The van der Waals surface area contributed by atoms with Crippen molar-refractivity contribution in [3.8, 4) is 11.5 Å². The molecule has 0 aliphatic carbocycles. The maximum atomic E-state index is 11.8. The summed E-state index contributed by atoms with van der Waals surface area (Å²) >= 11 is 0. The molecule has 146 valence electrons. The maximum absolute atomic E-state index is 11.8. The molecule has 0 spiro atoms. The fraction of sp³-hybridized carbons (Fsp3) is 0.158. The van der Waals surface area contributed by atoms with Crippen LogP contribution in [0, 0.1) is 10.1 Å². The number of rotatable bonds is 8. The van der Waals surface area contributed by atoms with Crippen LogP contribution in [0.25, 0.3) is 6.08 Å². The van der Waals surface area contributed by atoms with Crippen molar-refractivity contribution < 1.29 is 28.7 Å². The summed E-state index contributed by atoms with van der Waals surface area (Å²) in [5.41, 5.74) is 0.664. The number of methoxy groups -OCH3 is 2. The molecule has 2 rings (SSSR count). The molecule has 0 unspecified atom stereocenters. The first kappa shape index (κ1) is 20.4. The lowest BCUT2D eigenvalue weighted by Gasteiger charge is -2.07. The van der Waals surface area contributed by atoms with Crippen LogP contribution in [0.1, 0.15) is 5.56 Å². The topological polar surface area (TPSA) is 117 Å². The SMILES string of the molecule is COc1ccc(OC)c(/C=C/C(=O)OCC(=O)Nc2cccc([N+](=O)[O-])c2)c1. The van der Waals surface area contributed by atoms with Crippen LogP contribution < -0.4 is 14.8 Å². The molecule has 1 N–H and O–H groups in total. The third kappa shape index (κ3) is 5.84. The highest BCUT2D eigenvalue weighted by Crippen LogP contribution is 2.25. The number of hydrogen-bond donors (Lipinski definition) is 1. The number of nitro benzene ring substituents is 1. The van der Waals surface area contributed by atoms with Crippen molar-refractivity contribution >= 4 is 29.3 Å². The minimum atomic E-state index is -0.737. The second-order valence-electron chi connectivity index (χ2n) is 5.40. The van der Waals surface area contributed by atoms with Gasteiger partial charge in [0.1, 0.15) is 11.5 Å². The summed E-state index contributed by atoms with van der Waals surface area (Å²) in [5.74, 6) is -0.237. The minimum Gasteiger partial charge on any atom is -0.497 e. The number of nitrogens with zero attached hydrogens (tertiary/aromatic N) is 1. The summed E-state index contributed by atoms with van der Waals surface area (Å²) in [6, 6.07) is 10.5. The van der Waals surface area contributed by atoms with Crippen LogP contribution in [0.3, 0.4) is 0 Å². The van der Waals surface area contributed by atoms with E-state index in [9.17, 15) is 19.7 Å². The molecule has 0 bridgehead atoms. The molecule has 9 heteroatoms. The van der Waals surface area contributed by atoms with Crippen molar-refractivity contribution in [2.75, 3.05) is 26.1 Å². The molecule has 0 heterocycles. The zero-order valence-corrected chi connectivity index (χ0v) is 15.2. The minimum absolute atomic E-state index is 0.162. The van der Waals surface area contributed by atoms with Crippen molar-refractivity contribution in [3.63, 3.8) is 0 Å². The lowest BCUT2D eigenvalue weighted by atomic mass is 10.1. The molecule has 0 radical (unpaired) electrons. The molecule has 9 nitrogen and oxygen atoms in total. The van der Waals surface area contributed by atoms with E-state index < -0.39 is 23.4 Å².